The molecule has 0 bridgehead atoms. The summed E-state index contributed by atoms with van der Waals surface area (Å²) in [6, 6.07) is 4.52. The number of rotatable bonds is 4. The molecule has 1 unspecified atom stereocenters. The minimum Gasteiger partial charge on any atom is -0.497 e. The average molecular weight is 221 g/mol. The lowest BCUT2D eigenvalue weighted by Crippen LogP contribution is -2.18. The highest BCUT2D eigenvalue weighted by molar-refractivity contribution is 5.50. The molecular weight excluding hydrogens is 202 g/mol. The first-order chi connectivity index (χ1) is 7.80. The van der Waals surface area contributed by atoms with Gasteiger partial charge in [-0.15, -0.1) is 0 Å². The van der Waals surface area contributed by atoms with Gasteiger partial charge in [-0.05, 0) is 31.0 Å². The summed E-state index contributed by atoms with van der Waals surface area (Å²) in [5, 5.41) is 3.49. The fraction of sp³-hybridized carbons (Fsp3) is 0.538. The van der Waals surface area contributed by atoms with Crippen LogP contribution in [0.15, 0.2) is 12.1 Å². The van der Waals surface area contributed by atoms with E-state index < -0.39 is 0 Å². The third-order valence-electron chi connectivity index (χ3n) is 3.16. The van der Waals surface area contributed by atoms with E-state index in [0.29, 0.717) is 6.04 Å². The molecule has 3 nitrogen and oxygen atoms in total. The molecule has 1 aliphatic rings. The lowest BCUT2D eigenvalue weighted by molar-refractivity contribution is 0.386. The topological polar surface area (TPSA) is 30.5 Å². The van der Waals surface area contributed by atoms with Gasteiger partial charge in [0.2, 0.25) is 0 Å². The zero-order valence-electron chi connectivity index (χ0n) is 10.2. The van der Waals surface area contributed by atoms with Crippen LogP contribution in [0.1, 0.15) is 30.5 Å². The quantitative estimate of drug-likeness (QED) is 0.846. The van der Waals surface area contributed by atoms with Crippen molar-refractivity contribution in [2.45, 2.75) is 25.8 Å². The molecule has 0 aliphatic heterocycles. The van der Waals surface area contributed by atoms with E-state index in [9.17, 15) is 0 Å². The fourth-order valence-electron chi connectivity index (χ4n) is 2.44. The van der Waals surface area contributed by atoms with Crippen LogP contribution in [0.3, 0.4) is 0 Å². The van der Waals surface area contributed by atoms with E-state index in [1.807, 2.05) is 6.07 Å². The van der Waals surface area contributed by atoms with E-state index >= 15 is 0 Å². The molecule has 0 radical (unpaired) electrons. The van der Waals surface area contributed by atoms with Gasteiger partial charge in [0.1, 0.15) is 11.5 Å². The lowest BCUT2D eigenvalue weighted by atomic mass is 10.1. The molecule has 0 spiro atoms. The Morgan fingerprint density at radius 1 is 1.31 bits per heavy atom. The molecular formula is C13H19NO2. The largest absolute Gasteiger partial charge is 0.497 e. The molecule has 2 rings (SSSR count). The maximum Gasteiger partial charge on any atom is 0.127 e. The van der Waals surface area contributed by atoms with Crippen LogP contribution >= 0.6 is 0 Å². The minimum absolute atomic E-state index is 0.431. The van der Waals surface area contributed by atoms with Crippen molar-refractivity contribution in [3.63, 3.8) is 0 Å². The van der Waals surface area contributed by atoms with Gasteiger partial charge in [0, 0.05) is 17.7 Å². The first-order valence-corrected chi connectivity index (χ1v) is 5.78. The first kappa shape index (κ1) is 11.3. The summed E-state index contributed by atoms with van der Waals surface area (Å²) >= 11 is 0. The smallest absolute Gasteiger partial charge is 0.127 e. The van der Waals surface area contributed by atoms with Crippen molar-refractivity contribution in [2.24, 2.45) is 0 Å². The SMILES string of the molecule is CCNC1CCc2cc(OC)cc(OC)c21. The van der Waals surface area contributed by atoms with E-state index in [2.05, 4.69) is 18.3 Å². The van der Waals surface area contributed by atoms with Gasteiger partial charge >= 0.3 is 0 Å². The van der Waals surface area contributed by atoms with E-state index in [0.717, 1.165) is 30.9 Å². The molecule has 16 heavy (non-hydrogen) atoms. The molecule has 1 atom stereocenters. The molecule has 0 heterocycles. The standard InChI is InChI=1S/C13H19NO2/c1-4-14-11-6-5-9-7-10(15-2)8-12(16-3)13(9)11/h7-8,11,14H,4-6H2,1-3H3. The van der Waals surface area contributed by atoms with Crippen molar-refractivity contribution < 1.29 is 9.47 Å². The zero-order chi connectivity index (χ0) is 11.5. The number of nitrogens with one attached hydrogen (secondary N) is 1. The van der Waals surface area contributed by atoms with Crippen LogP contribution in [0, 0.1) is 0 Å². The predicted molar refractivity (Wildman–Crippen MR) is 64.3 cm³/mol. The summed E-state index contributed by atoms with van der Waals surface area (Å²) < 4.78 is 10.7. The van der Waals surface area contributed by atoms with Crippen LogP contribution in [-0.2, 0) is 6.42 Å². The number of benzene rings is 1. The van der Waals surface area contributed by atoms with Crippen LogP contribution in [0.25, 0.3) is 0 Å². The second kappa shape index (κ2) is 4.74. The van der Waals surface area contributed by atoms with E-state index in [1.165, 1.54) is 11.1 Å². The van der Waals surface area contributed by atoms with Gasteiger partial charge in [-0.2, -0.15) is 0 Å². The van der Waals surface area contributed by atoms with E-state index in [4.69, 9.17) is 9.47 Å². The average Bonchev–Trinajstić information content (AvgIpc) is 2.72. The summed E-state index contributed by atoms with van der Waals surface area (Å²) in [5.41, 5.74) is 2.66. The van der Waals surface area contributed by atoms with Crippen LogP contribution in [0.4, 0.5) is 0 Å². The van der Waals surface area contributed by atoms with Crippen molar-refractivity contribution in [1.29, 1.82) is 0 Å². The Labute approximate surface area is 96.8 Å². The summed E-state index contributed by atoms with van der Waals surface area (Å²) in [6.07, 6.45) is 2.24. The van der Waals surface area contributed by atoms with Gasteiger partial charge in [0.25, 0.3) is 0 Å². The fourth-order valence-corrected chi connectivity index (χ4v) is 2.44. The number of ether oxygens (including phenoxy) is 2. The Kier molecular flexibility index (Phi) is 3.34. The summed E-state index contributed by atoms with van der Waals surface area (Å²) in [4.78, 5) is 0. The number of methoxy groups -OCH3 is 2. The summed E-state index contributed by atoms with van der Waals surface area (Å²) in [7, 11) is 3.41. The number of aryl methyl sites for hydroxylation is 1. The molecule has 0 aromatic heterocycles. The van der Waals surface area contributed by atoms with Crippen molar-refractivity contribution in [1.82, 2.24) is 5.32 Å². The van der Waals surface area contributed by atoms with Crippen molar-refractivity contribution in [3.8, 4) is 11.5 Å². The van der Waals surface area contributed by atoms with Gasteiger partial charge in [-0.1, -0.05) is 6.92 Å². The Bertz CT molecular complexity index is 376. The maximum absolute atomic E-state index is 5.46. The third-order valence-corrected chi connectivity index (χ3v) is 3.16. The molecule has 1 N–H and O–H groups in total. The van der Waals surface area contributed by atoms with Crippen LogP contribution in [-0.4, -0.2) is 20.8 Å². The van der Waals surface area contributed by atoms with Crippen molar-refractivity contribution >= 4 is 0 Å². The number of hydrogen-bond donors (Lipinski definition) is 1. The summed E-state index contributed by atoms with van der Waals surface area (Å²) in [5.74, 6) is 1.82. The van der Waals surface area contributed by atoms with Gasteiger partial charge in [0.15, 0.2) is 0 Å². The highest BCUT2D eigenvalue weighted by Crippen LogP contribution is 2.40. The highest BCUT2D eigenvalue weighted by atomic mass is 16.5. The second-order valence-electron chi connectivity index (χ2n) is 4.05. The molecule has 0 amide bonds. The van der Waals surface area contributed by atoms with Crippen LogP contribution in [0.2, 0.25) is 0 Å². The predicted octanol–water partition coefficient (Wildman–Crippen LogP) is 2.30. The van der Waals surface area contributed by atoms with Crippen molar-refractivity contribution in [3.05, 3.63) is 23.3 Å². The Hall–Kier alpha value is -1.22. The molecule has 0 fully saturated rings. The van der Waals surface area contributed by atoms with E-state index in [1.54, 1.807) is 14.2 Å². The lowest BCUT2D eigenvalue weighted by Gasteiger charge is -2.16. The Balaban J connectivity index is 2.40. The Morgan fingerprint density at radius 2 is 2.12 bits per heavy atom. The zero-order valence-corrected chi connectivity index (χ0v) is 10.2. The molecule has 1 aromatic carbocycles. The number of fused-ring (bicyclic) bond motifs is 1. The monoisotopic (exact) mass is 221 g/mol. The molecule has 1 aliphatic carbocycles. The van der Waals surface area contributed by atoms with Crippen LogP contribution < -0.4 is 14.8 Å². The minimum atomic E-state index is 0.431. The summed E-state index contributed by atoms with van der Waals surface area (Å²) in [6.45, 7) is 3.12. The molecule has 0 saturated heterocycles. The maximum atomic E-state index is 5.46. The number of hydrogen-bond acceptors (Lipinski definition) is 3. The third kappa shape index (κ3) is 1.87. The van der Waals surface area contributed by atoms with Gasteiger partial charge in [-0.25, -0.2) is 0 Å². The first-order valence-electron chi connectivity index (χ1n) is 5.78. The van der Waals surface area contributed by atoms with Gasteiger partial charge < -0.3 is 14.8 Å². The van der Waals surface area contributed by atoms with Crippen molar-refractivity contribution in [2.75, 3.05) is 20.8 Å². The van der Waals surface area contributed by atoms with E-state index in [-0.39, 0.29) is 0 Å². The van der Waals surface area contributed by atoms with Gasteiger partial charge in [-0.3, -0.25) is 0 Å². The highest BCUT2D eigenvalue weighted by Gasteiger charge is 2.26. The second-order valence-corrected chi connectivity index (χ2v) is 4.05. The Morgan fingerprint density at radius 3 is 2.75 bits per heavy atom. The molecule has 3 heteroatoms. The van der Waals surface area contributed by atoms with Gasteiger partial charge in [0.05, 0.1) is 14.2 Å². The molecule has 88 valence electrons. The molecule has 1 aromatic rings. The van der Waals surface area contributed by atoms with Crippen LogP contribution in [0.5, 0.6) is 11.5 Å². The molecule has 0 saturated carbocycles. The normalized spacial score (nSPS) is 18.3.